The minimum Gasteiger partial charge on any atom is -0.491 e. The summed E-state index contributed by atoms with van der Waals surface area (Å²) in [7, 11) is 0. The minimum absolute atomic E-state index is 0.00652. The van der Waals surface area contributed by atoms with Gasteiger partial charge in [0.15, 0.2) is 11.6 Å². The summed E-state index contributed by atoms with van der Waals surface area (Å²) in [5.41, 5.74) is 4.36. The summed E-state index contributed by atoms with van der Waals surface area (Å²) < 4.78 is 33.7. The van der Waals surface area contributed by atoms with E-state index >= 15 is 0 Å². The van der Waals surface area contributed by atoms with Gasteiger partial charge in [-0.05, 0) is 66.9 Å². The van der Waals surface area contributed by atoms with Gasteiger partial charge in [0.1, 0.15) is 0 Å². The maximum absolute atomic E-state index is 14.4. The van der Waals surface area contributed by atoms with Crippen molar-refractivity contribution in [2.75, 3.05) is 6.61 Å². The Morgan fingerprint density at radius 1 is 1.00 bits per heavy atom. The summed E-state index contributed by atoms with van der Waals surface area (Å²) >= 11 is 0. The smallest absolute Gasteiger partial charge is 0.200 e. The van der Waals surface area contributed by atoms with Crippen LogP contribution in [-0.2, 0) is 6.42 Å². The highest BCUT2D eigenvalue weighted by atomic mass is 19.2. The lowest BCUT2D eigenvalue weighted by molar-refractivity contribution is 0.312. The molecule has 138 valence electrons. The first-order valence-electron chi connectivity index (χ1n) is 9.53. The van der Waals surface area contributed by atoms with E-state index in [0.29, 0.717) is 12.2 Å². The van der Waals surface area contributed by atoms with Crippen molar-refractivity contribution in [3.63, 3.8) is 0 Å². The Labute approximate surface area is 154 Å². The van der Waals surface area contributed by atoms with Crippen LogP contribution in [0.4, 0.5) is 8.78 Å². The van der Waals surface area contributed by atoms with E-state index in [1.54, 1.807) is 19.1 Å². The van der Waals surface area contributed by atoms with Crippen LogP contribution in [0, 0.1) is 11.6 Å². The summed E-state index contributed by atoms with van der Waals surface area (Å²) in [5.74, 6) is -1.62. The zero-order valence-corrected chi connectivity index (χ0v) is 15.5. The molecule has 0 aromatic heterocycles. The van der Waals surface area contributed by atoms with Crippen molar-refractivity contribution in [2.24, 2.45) is 0 Å². The second-order valence-electron chi connectivity index (χ2n) is 6.86. The van der Waals surface area contributed by atoms with E-state index in [2.05, 4.69) is 37.3 Å². The topological polar surface area (TPSA) is 9.23 Å². The van der Waals surface area contributed by atoms with Gasteiger partial charge >= 0.3 is 0 Å². The van der Waals surface area contributed by atoms with Crippen LogP contribution in [0.1, 0.15) is 62.1 Å². The van der Waals surface area contributed by atoms with Gasteiger partial charge in [0.25, 0.3) is 0 Å². The van der Waals surface area contributed by atoms with Crippen LogP contribution in [0.15, 0.2) is 42.5 Å². The van der Waals surface area contributed by atoms with Gasteiger partial charge in [-0.25, -0.2) is 4.39 Å². The second kappa shape index (κ2) is 8.48. The third-order valence-corrected chi connectivity index (χ3v) is 5.09. The monoisotopic (exact) mass is 356 g/mol. The largest absolute Gasteiger partial charge is 0.491 e. The lowest BCUT2D eigenvalue weighted by atomic mass is 9.82. The van der Waals surface area contributed by atoms with Gasteiger partial charge in [-0.2, -0.15) is 4.39 Å². The molecule has 0 amide bonds. The molecule has 0 saturated heterocycles. The summed E-state index contributed by atoms with van der Waals surface area (Å²) in [6.45, 7) is 4.26. The predicted molar refractivity (Wildman–Crippen MR) is 103 cm³/mol. The van der Waals surface area contributed by atoms with E-state index in [1.807, 2.05) is 0 Å². The molecule has 0 bridgehead atoms. The number of halogens is 2. The van der Waals surface area contributed by atoms with E-state index in [4.69, 9.17) is 4.74 Å². The van der Waals surface area contributed by atoms with Gasteiger partial charge in [0.2, 0.25) is 5.82 Å². The van der Waals surface area contributed by atoms with Crippen LogP contribution < -0.4 is 4.74 Å². The van der Waals surface area contributed by atoms with Gasteiger partial charge in [0.05, 0.1) is 6.61 Å². The third-order valence-electron chi connectivity index (χ3n) is 5.09. The Kier molecular flexibility index (Phi) is 6.08. The zero-order valence-electron chi connectivity index (χ0n) is 15.5. The van der Waals surface area contributed by atoms with Crippen LogP contribution in [0.5, 0.6) is 5.75 Å². The molecule has 2 aromatic carbocycles. The molecule has 1 unspecified atom stereocenters. The fraction of sp³-hybridized carbons (Fsp3) is 0.391. The molecule has 1 aliphatic rings. The van der Waals surface area contributed by atoms with Crippen LogP contribution >= 0.6 is 0 Å². The number of aryl methyl sites for hydroxylation is 1. The predicted octanol–water partition coefficient (Wildman–Crippen LogP) is 6.67. The molecule has 26 heavy (non-hydrogen) atoms. The molecule has 0 fully saturated rings. The van der Waals surface area contributed by atoms with Crippen molar-refractivity contribution < 1.29 is 13.5 Å². The number of hydrogen-bond donors (Lipinski definition) is 0. The molecule has 1 atom stereocenters. The molecule has 3 rings (SSSR count). The van der Waals surface area contributed by atoms with Crippen molar-refractivity contribution in [1.82, 2.24) is 0 Å². The number of ether oxygens (including phenoxy) is 1. The Morgan fingerprint density at radius 3 is 2.38 bits per heavy atom. The molecule has 0 aliphatic heterocycles. The van der Waals surface area contributed by atoms with Gasteiger partial charge < -0.3 is 4.74 Å². The molecular weight excluding hydrogens is 330 g/mol. The van der Waals surface area contributed by atoms with E-state index < -0.39 is 11.6 Å². The van der Waals surface area contributed by atoms with Gasteiger partial charge in [0, 0.05) is 0 Å². The lowest BCUT2D eigenvalue weighted by Gasteiger charge is -2.23. The molecule has 0 N–H and O–H groups in total. The molecule has 0 heterocycles. The summed E-state index contributed by atoms with van der Waals surface area (Å²) in [5, 5.41) is 0. The normalized spacial score (nSPS) is 17.1. The number of rotatable bonds is 6. The molecule has 0 spiro atoms. The van der Waals surface area contributed by atoms with Crippen LogP contribution in [0.2, 0.25) is 0 Å². The maximum atomic E-state index is 14.4. The number of hydrogen-bond acceptors (Lipinski definition) is 1. The number of benzene rings is 2. The third kappa shape index (κ3) is 3.98. The first-order valence-corrected chi connectivity index (χ1v) is 9.53. The highest BCUT2D eigenvalue weighted by molar-refractivity contribution is 5.66. The van der Waals surface area contributed by atoms with Gasteiger partial charge in [-0.1, -0.05) is 49.8 Å². The SMILES string of the molecule is CCCc1ccc(C2=CCC(c3ccc(OCC)c(F)c3F)CC2)cc1. The average Bonchev–Trinajstić information content (AvgIpc) is 2.67. The molecule has 0 saturated carbocycles. The second-order valence-corrected chi connectivity index (χ2v) is 6.86. The molecule has 1 aliphatic carbocycles. The summed E-state index contributed by atoms with van der Waals surface area (Å²) in [6, 6.07) is 11.9. The first kappa shape index (κ1) is 18.6. The molecule has 3 heteroatoms. The first-order chi connectivity index (χ1) is 12.6. The van der Waals surface area contributed by atoms with Gasteiger partial charge in [-0.3, -0.25) is 0 Å². The van der Waals surface area contributed by atoms with Crippen molar-refractivity contribution in [2.45, 2.75) is 51.9 Å². The van der Waals surface area contributed by atoms with E-state index in [9.17, 15) is 8.78 Å². The van der Waals surface area contributed by atoms with E-state index in [0.717, 1.165) is 32.1 Å². The average molecular weight is 356 g/mol. The fourth-order valence-electron chi connectivity index (χ4n) is 3.68. The molecule has 1 nitrogen and oxygen atoms in total. The molecular formula is C23H26F2O. The van der Waals surface area contributed by atoms with Crippen LogP contribution in [0.3, 0.4) is 0 Å². The van der Waals surface area contributed by atoms with Gasteiger partial charge in [-0.15, -0.1) is 0 Å². The Morgan fingerprint density at radius 2 is 1.77 bits per heavy atom. The fourth-order valence-corrected chi connectivity index (χ4v) is 3.68. The Hall–Kier alpha value is -2.16. The Bertz CT molecular complexity index is 778. The zero-order chi connectivity index (χ0) is 18.5. The maximum Gasteiger partial charge on any atom is 0.200 e. The van der Waals surface area contributed by atoms with Crippen LogP contribution in [-0.4, -0.2) is 6.61 Å². The summed E-state index contributed by atoms with van der Waals surface area (Å²) in [4.78, 5) is 0. The highest BCUT2D eigenvalue weighted by Crippen LogP contribution is 2.38. The van der Waals surface area contributed by atoms with Crippen molar-refractivity contribution in [1.29, 1.82) is 0 Å². The van der Waals surface area contributed by atoms with Crippen molar-refractivity contribution in [3.05, 3.63) is 70.8 Å². The minimum atomic E-state index is -0.870. The molecule has 0 radical (unpaired) electrons. The van der Waals surface area contributed by atoms with E-state index in [-0.39, 0.29) is 11.7 Å². The molecule has 2 aromatic rings. The highest BCUT2D eigenvalue weighted by Gasteiger charge is 2.23. The number of allylic oxidation sites excluding steroid dienone is 2. The standard InChI is InChI=1S/C23H26F2O/c1-3-5-16-6-8-17(9-7-16)18-10-12-19(13-11-18)20-14-15-21(26-4-2)23(25)22(20)24/h6-10,14-15,19H,3-5,11-13H2,1-2H3. The van der Waals surface area contributed by atoms with Crippen molar-refractivity contribution in [3.8, 4) is 5.75 Å². The summed E-state index contributed by atoms with van der Waals surface area (Å²) in [6.07, 6.45) is 6.87. The quantitative estimate of drug-likeness (QED) is 0.562. The van der Waals surface area contributed by atoms with Crippen LogP contribution in [0.25, 0.3) is 5.57 Å². The lowest BCUT2D eigenvalue weighted by Crippen LogP contribution is -2.08. The van der Waals surface area contributed by atoms with E-state index in [1.165, 1.54) is 16.7 Å². The Balaban J connectivity index is 1.74. The van der Waals surface area contributed by atoms with Crippen molar-refractivity contribution >= 4 is 5.57 Å².